The number of hydrogen-bond acceptors (Lipinski definition) is 5. The van der Waals surface area contributed by atoms with E-state index in [-0.39, 0.29) is 18.7 Å². The van der Waals surface area contributed by atoms with E-state index in [0.717, 1.165) is 10.2 Å². The molecule has 2 aliphatic heterocycles. The Morgan fingerprint density at radius 3 is 2.52 bits per heavy atom. The molecule has 27 heavy (non-hydrogen) atoms. The van der Waals surface area contributed by atoms with Gasteiger partial charge in [0.15, 0.2) is 6.73 Å². The van der Waals surface area contributed by atoms with Crippen LogP contribution in [0.3, 0.4) is 0 Å². The Morgan fingerprint density at radius 1 is 1.04 bits per heavy atom. The summed E-state index contributed by atoms with van der Waals surface area (Å²) in [5, 5.41) is 0. The van der Waals surface area contributed by atoms with Gasteiger partial charge in [0.2, 0.25) is 10.0 Å². The summed E-state index contributed by atoms with van der Waals surface area (Å²) >= 11 is 3.33. The van der Waals surface area contributed by atoms with Crippen LogP contribution in [0.5, 0.6) is 0 Å². The zero-order valence-electron chi connectivity index (χ0n) is 14.5. The van der Waals surface area contributed by atoms with Gasteiger partial charge >= 0.3 is 5.97 Å². The van der Waals surface area contributed by atoms with E-state index >= 15 is 0 Å². The summed E-state index contributed by atoms with van der Waals surface area (Å²) in [4.78, 5) is 14.3. The minimum atomic E-state index is -3.51. The SMILES string of the molecule is O=C1OCN(C2CCN(S(=O)(=O)c3cccc(Br)c3)CC2)c2ccccc21. The van der Waals surface area contributed by atoms with Gasteiger partial charge in [0, 0.05) is 23.6 Å². The third-order valence-corrected chi connectivity index (χ3v) is 7.45. The van der Waals surface area contributed by atoms with Crippen molar-refractivity contribution in [2.75, 3.05) is 24.7 Å². The summed E-state index contributed by atoms with van der Waals surface area (Å²) in [6.07, 6.45) is 1.36. The first-order chi connectivity index (χ1) is 13.0. The van der Waals surface area contributed by atoms with Gasteiger partial charge in [-0.2, -0.15) is 4.31 Å². The van der Waals surface area contributed by atoms with Crippen molar-refractivity contribution in [1.29, 1.82) is 0 Å². The topological polar surface area (TPSA) is 66.9 Å². The quantitative estimate of drug-likeness (QED) is 0.671. The number of nitrogens with zero attached hydrogens (tertiary/aromatic N) is 2. The Bertz CT molecular complexity index is 971. The van der Waals surface area contributed by atoms with Crippen molar-refractivity contribution in [1.82, 2.24) is 4.31 Å². The normalized spacial score (nSPS) is 18.9. The Hall–Kier alpha value is -1.90. The molecule has 2 aliphatic rings. The van der Waals surface area contributed by atoms with Crippen LogP contribution in [0.1, 0.15) is 23.2 Å². The molecule has 8 heteroatoms. The zero-order chi connectivity index (χ0) is 19.0. The fraction of sp³-hybridized carbons (Fsp3) is 0.316. The Labute approximate surface area is 166 Å². The molecule has 0 N–H and O–H groups in total. The molecule has 142 valence electrons. The number of fused-ring (bicyclic) bond motifs is 1. The van der Waals surface area contributed by atoms with Gasteiger partial charge in [-0.3, -0.25) is 0 Å². The number of para-hydroxylation sites is 1. The van der Waals surface area contributed by atoms with Gasteiger partial charge in [0.05, 0.1) is 16.1 Å². The standard InChI is InChI=1S/C19H19BrN2O4S/c20-14-4-3-5-16(12-14)27(24,25)21-10-8-15(9-11-21)22-13-26-19(23)17-6-1-2-7-18(17)22/h1-7,12,15H,8-11,13H2. The second-order valence-electron chi connectivity index (χ2n) is 6.64. The van der Waals surface area contributed by atoms with Gasteiger partial charge in [-0.15, -0.1) is 0 Å². The molecule has 0 aliphatic carbocycles. The van der Waals surface area contributed by atoms with Gasteiger partial charge in [-0.25, -0.2) is 13.2 Å². The van der Waals surface area contributed by atoms with Crippen LogP contribution in [0.25, 0.3) is 0 Å². The number of carbonyl (C=O) groups excluding carboxylic acids is 1. The molecule has 0 amide bonds. The molecule has 0 spiro atoms. The first-order valence-electron chi connectivity index (χ1n) is 8.75. The number of carbonyl (C=O) groups is 1. The Balaban J connectivity index is 1.50. The molecule has 2 aromatic carbocycles. The monoisotopic (exact) mass is 450 g/mol. The largest absolute Gasteiger partial charge is 0.441 e. The fourth-order valence-electron chi connectivity index (χ4n) is 3.64. The number of esters is 1. The molecule has 4 rings (SSSR count). The van der Waals surface area contributed by atoms with Crippen molar-refractivity contribution >= 4 is 37.6 Å². The summed E-state index contributed by atoms with van der Waals surface area (Å²) in [5.41, 5.74) is 1.43. The fourth-order valence-corrected chi connectivity index (χ4v) is 5.71. The molecule has 2 heterocycles. The van der Waals surface area contributed by atoms with Crippen molar-refractivity contribution < 1.29 is 17.9 Å². The number of anilines is 1. The van der Waals surface area contributed by atoms with Crippen LogP contribution in [-0.2, 0) is 14.8 Å². The summed E-state index contributed by atoms with van der Waals surface area (Å²) in [5.74, 6) is -0.309. The van der Waals surface area contributed by atoms with E-state index in [4.69, 9.17) is 4.74 Å². The highest BCUT2D eigenvalue weighted by Crippen LogP contribution is 2.32. The van der Waals surface area contributed by atoms with Gasteiger partial charge in [0.1, 0.15) is 0 Å². The lowest BCUT2D eigenvalue weighted by atomic mass is 10.0. The summed E-state index contributed by atoms with van der Waals surface area (Å²) < 4.78 is 33.3. The van der Waals surface area contributed by atoms with Gasteiger partial charge in [-0.05, 0) is 43.2 Å². The predicted molar refractivity (Wildman–Crippen MR) is 105 cm³/mol. The number of sulfonamides is 1. The van der Waals surface area contributed by atoms with Crippen LogP contribution in [0.15, 0.2) is 57.9 Å². The minimum absolute atomic E-state index is 0.133. The van der Waals surface area contributed by atoms with Crippen molar-refractivity contribution in [3.05, 3.63) is 58.6 Å². The average molecular weight is 451 g/mol. The summed E-state index contributed by atoms with van der Waals surface area (Å²) in [7, 11) is -3.51. The number of benzene rings is 2. The lowest BCUT2D eigenvalue weighted by Crippen LogP contribution is -2.49. The Morgan fingerprint density at radius 2 is 1.78 bits per heavy atom. The maximum atomic E-state index is 12.9. The molecule has 6 nitrogen and oxygen atoms in total. The number of ether oxygens (including phenoxy) is 1. The highest BCUT2D eigenvalue weighted by Gasteiger charge is 2.35. The summed E-state index contributed by atoms with van der Waals surface area (Å²) in [6.45, 7) is 1.08. The predicted octanol–water partition coefficient (Wildman–Crippen LogP) is 3.24. The molecular weight excluding hydrogens is 432 g/mol. The molecular formula is C19H19BrN2O4S. The van der Waals surface area contributed by atoms with Gasteiger partial charge in [-0.1, -0.05) is 34.1 Å². The zero-order valence-corrected chi connectivity index (χ0v) is 16.9. The molecule has 0 radical (unpaired) electrons. The molecule has 0 aromatic heterocycles. The third-order valence-electron chi connectivity index (χ3n) is 5.07. The van der Waals surface area contributed by atoms with Crippen LogP contribution in [0.4, 0.5) is 5.69 Å². The third kappa shape index (κ3) is 3.49. The van der Waals surface area contributed by atoms with Crippen molar-refractivity contribution in [3.63, 3.8) is 0 Å². The van der Waals surface area contributed by atoms with E-state index in [1.54, 1.807) is 30.3 Å². The maximum absolute atomic E-state index is 12.9. The van der Waals surface area contributed by atoms with E-state index in [9.17, 15) is 13.2 Å². The highest BCUT2D eigenvalue weighted by atomic mass is 79.9. The van der Waals surface area contributed by atoms with Crippen LogP contribution < -0.4 is 4.90 Å². The lowest BCUT2D eigenvalue weighted by molar-refractivity contribution is 0.0463. The van der Waals surface area contributed by atoms with Gasteiger partial charge in [0.25, 0.3) is 0 Å². The second kappa shape index (κ2) is 7.26. The van der Waals surface area contributed by atoms with Gasteiger partial charge < -0.3 is 9.64 Å². The van der Waals surface area contributed by atoms with Crippen LogP contribution in [0.2, 0.25) is 0 Å². The molecule has 1 saturated heterocycles. The Kier molecular flexibility index (Phi) is 4.96. The first kappa shape index (κ1) is 18.5. The van der Waals surface area contributed by atoms with Crippen molar-refractivity contribution in [2.24, 2.45) is 0 Å². The van der Waals surface area contributed by atoms with Crippen molar-refractivity contribution in [3.8, 4) is 0 Å². The molecule has 0 bridgehead atoms. The molecule has 0 atom stereocenters. The molecule has 0 saturated carbocycles. The summed E-state index contributed by atoms with van der Waals surface area (Å²) in [6, 6.07) is 14.3. The minimum Gasteiger partial charge on any atom is -0.441 e. The van der Waals surface area contributed by atoms with E-state index in [1.165, 1.54) is 4.31 Å². The number of rotatable bonds is 3. The molecule has 1 fully saturated rings. The molecule has 2 aromatic rings. The highest BCUT2D eigenvalue weighted by molar-refractivity contribution is 9.10. The maximum Gasteiger partial charge on any atom is 0.341 e. The number of cyclic esters (lactones) is 1. The van der Waals surface area contributed by atoms with Crippen LogP contribution >= 0.6 is 15.9 Å². The number of halogens is 1. The number of piperidine rings is 1. The molecule has 0 unspecified atom stereocenters. The van der Waals surface area contributed by atoms with Crippen LogP contribution in [0, 0.1) is 0 Å². The smallest absolute Gasteiger partial charge is 0.341 e. The van der Waals surface area contributed by atoms with E-state index in [0.29, 0.717) is 36.4 Å². The lowest BCUT2D eigenvalue weighted by Gasteiger charge is -2.41. The van der Waals surface area contributed by atoms with E-state index < -0.39 is 10.0 Å². The second-order valence-corrected chi connectivity index (χ2v) is 9.49. The number of hydrogen-bond donors (Lipinski definition) is 0. The van der Waals surface area contributed by atoms with Crippen LogP contribution in [-0.4, -0.2) is 44.6 Å². The first-order valence-corrected chi connectivity index (χ1v) is 11.0. The van der Waals surface area contributed by atoms with E-state index in [1.807, 2.05) is 18.2 Å². The van der Waals surface area contributed by atoms with E-state index in [2.05, 4.69) is 20.8 Å². The average Bonchev–Trinajstić information content (AvgIpc) is 2.69. The van der Waals surface area contributed by atoms with Crippen molar-refractivity contribution in [2.45, 2.75) is 23.8 Å².